The van der Waals surface area contributed by atoms with Gasteiger partial charge in [0.05, 0.1) is 23.1 Å². The number of nitrogens with zero attached hydrogens (tertiary/aromatic N) is 6. The largest absolute Gasteiger partial charge is 0.506 e. The highest BCUT2D eigenvalue weighted by Crippen LogP contribution is 2.50. The molecule has 48 heavy (non-hydrogen) atoms. The van der Waals surface area contributed by atoms with Crippen LogP contribution in [0.25, 0.3) is 5.57 Å². The number of anilines is 2. The Bertz CT molecular complexity index is 2010. The van der Waals surface area contributed by atoms with E-state index in [0.717, 1.165) is 43.9 Å². The maximum Gasteiger partial charge on any atom is 0.262 e. The van der Waals surface area contributed by atoms with Crippen molar-refractivity contribution in [1.29, 1.82) is 0 Å². The second kappa shape index (κ2) is 12.9. The molecule has 242 valence electrons. The molecule has 0 saturated carbocycles. The first kappa shape index (κ1) is 31.6. The molecule has 1 spiro atoms. The first-order valence-corrected chi connectivity index (χ1v) is 16.6. The van der Waals surface area contributed by atoms with E-state index in [1.165, 1.54) is 22.2 Å². The van der Waals surface area contributed by atoms with E-state index in [9.17, 15) is 14.7 Å². The first-order valence-electron chi connectivity index (χ1n) is 15.4. The summed E-state index contributed by atoms with van der Waals surface area (Å²) in [6.45, 7) is 1.66. The molecule has 3 aliphatic rings. The number of allylic oxidation sites excluding steroid dienone is 1. The molecular weight excluding hydrogens is 648 g/mol. The molecule has 0 bridgehead atoms. The molecule has 4 aromatic rings. The van der Waals surface area contributed by atoms with Gasteiger partial charge in [0, 0.05) is 67.1 Å². The highest BCUT2D eigenvalue weighted by Gasteiger charge is 2.46. The summed E-state index contributed by atoms with van der Waals surface area (Å²) in [6.07, 6.45) is 12.8. The van der Waals surface area contributed by atoms with Crippen LogP contribution in [0.1, 0.15) is 35.7 Å². The molecule has 3 aromatic heterocycles. The number of nitrogens with one attached hydrogen (secondary N) is 1. The fourth-order valence-corrected chi connectivity index (χ4v) is 7.73. The Labute approximate surface area is 286 Å². The molecule has 4 N–H and O–H groups in total. The number of carbonyl (C=O) groups excluding carboxylic acids is 2. The minimum atomic E-state index is -0.715. The Morgan fingerprint density at radius 3 is 2.58 bits per heavy atom. The molecule has 1 aliphatic carbocycles. The van der Waals surface area contributed by atoms with E-state index in [1.54, 1.807) is 68.2 Å². The number of aliphatic hydroxyl groups is 1. The highest BCUT2D eigenvalue weighted by atomic mass is 35.5. The summed E-state index contributed by atoms with van der Waals surface area (Å²) in [5, 5.41) is 14.8. The van der Waals surface area contributed by atoms with E-state index in [1.807, 2.05) is 18.3 Å². The molecule has 1 atom stereocenters. The number of pyridine rings is 2. The summed E-state index contributed by atoms with van der Waals surface area (Å²) in [7, 11) is 1.60. The van der Waals surface area contributed by atoms with E-state index in [0.29, 0.717) is 26.7 Å². The van der Waals surface area contributed by atoms with Crippen LogP contribution in [0.2, 0.25) is 5.02 Å². The van der Waals surface area contributed by atoms with Gasteiger partial charge in [0.1, 0.15) is 27.9 Å². The predicted octanol–water partition coefficient (Wildman–Crippen LogP) is 5.37. The van der Waals surface area contributed by atoms with Crippen LogP contribution in [0.5, 0.6) is 0 Å². The van der Waals surface area contributed by atoms with Gasteiger partial charge in [-0.25, -0.2) is 14.8 Å². The Morgan fingerprint density at radius 2 is 1.88 bits per heavy atom. The van der Waals surface area contributed by atoms with Gasteiger partial charge >= 0.3 is 0 Å². The fourth-order valence-electron chi connectivity index (χ4n) is 6.66. The van der Waals surface area contributed by atoms with Crippen LogP contribution >= 0.6 is 23.4 Å². The number of rotatable bonds is 6. The number of hydrogen-bond donors (Lipinski definition) is 3. The van der Waals surface area contributed by atoms with Crippen LogP contribution in [0, 0.1) is 5.41 Å². The van der Waals surface area contributed by atoms with Gasteiger partial charge < -0.3 is 26.0 Å². The quantitative estimate of drug-likeness (QED) is 0.226. The molecular formula is C35H31ClN8O3S. The number of fused-ring (bicyclic) bond motifs is 1. The number of benzene rings is 1. The number of hydrogen-bond acceptors (Lipinski definition) is 11. The standard InChI is InChI=1S/C35H31ClN8O3S/c1-43-19-23(21-7-12-38-13-8-21)32(46)30(26(43)20-45)34(47)42-24-5-2-6-27(31(24)36)48-29-18-40-28(17-41-29)44-14-9-35(10-15-44)16-25-22(33(35)37)4-3-11-39-25/h2-8,11-13,17-19,33,46H,9-10,14-16,37H2,1H3,(H,42,47)/t33-/m1/s1. The van der Waals surface area contributed by atoms with Crippen LogP contribution in [0.4, 0.5) is 11.5 Å². The van der Waals surface area contributed by atoms with Crippen LogP contribution in [0.3, 0.4) is 0 Å². The van der Waals surface area contributed by atoms with E-state index < -0.39 is 5.91 Å². The summed E-state index contributed by atoms with van der Waals surface area (Å²) in [5.41, 5.74) is 9.97. The molecule has 0 radical (unpaired) electrons. The smallest absolute Gasteiger partial charge is 0.262 e. The lowest BCUT2D eigenvalue weighted by molar-refractivity contribution is -0.112. The van der Waals surface area contributed by atoms with Crippen molar-refractivity contribution in [3.63, 3.8) is 0 Å². The molecule has 13 heteroatoms. The second-order valence-electron chi connectivity index (χ2n) is 12.0. The van der Waals surface area contributed by atoms with E-state index in [-0.39, 0.29) is 33.5 Å². The molecule has 0 unspecified atom stereocenters. The molecule has 5 heterocycles. The second-order valence-corrected chi connectivity index (χ2v) is 13.4. The highest BCUT2D eigenvalue weighted by molar-refractivity contribution is 7.99. The maximum absolute atomic E-state index is 13.5. The van der Waals surface area contributed by atoms with Gasteiger partial charge in [0.25, 0.3) is 5.91 Å². The summed E-state index contributed by atoms with van der Waals surface area (Å²) < 4.78 is 0. The van der Waals surface area contributed by atoms with Crippen molar-refractivity contribution in [3.8, 4) is 0 Å². The average Bonchev–Trinajstić information content (AvgIpc) is 3.38. The van der Waals surface area contributed by atoms with Crippen molar-refractivity contribution < 1.29 is 14.7 Å². The molecule has 11 nitrogen and oxygen atoms in total. The number of piperidine rings is 1. The summed E-state index contributed by atoms with van der Waals surface area (Å²) >= 11 is 8.07. The van der Waals surface area contributed by atoms with Gasteiger partial charge in [0.15, 0.2) is 5.94 Å². The van der Waals surface area contributed by atoms with Crippen LogP contribution in [-0.2, 0) is 16.0 Å². The number of aromatic nitrogens is 4. The summed E-state index contributed by atoms with van der Waals surface area (Å²) in [6, 6.07) is 12.6. The van der Waals surface area contributed by atoms with Crippen LogP contribution in [0.15, 0.2) is 107 Å². The van der Waals surface area contributed by atoms with Crippen LogP contribution in [-0.4, -0.2) is 61.9 Å². The lowest BCUT2D eigenvalue weighted by atomic mass is 9.73. The molecule has 2 aliphatic heterocycles. The lowest BCUT2D eigenvalue weighted by Crippen LogP contribution is -2.44. The van der Waals surface area contributed by atoms with Gasteiger partial charge in [-0.05, 0) is 66.1 Å². The van der Waals surface area contributed by atoms with Gasteiger partial charge in [-0.3, -0.25) is 14.8 Å². The van der Waals surface area contributed by atoms with Crippen LogP contribution < -0.4 is 16.0 Å². The van der Waals surface area contributed by atoms with Crippen molar-refractivity contribution in [2.24, 2.45) is 11.1 Å². The Kier molecular flexibility index (Phi) is 8.49. The summed E-state index contributed by atoms with van der Waals surface area (Å²) in [4.78, 5) is 47.6. The molecule has 1 saturated heterocycles. The third-order valence-electron chi connectivity index (χ3n) is 9.28. The van der Waals surface area contributed by atoms with Gasteiger partial charge in [-0.1, -0.05) is 35.5 Å². The van der Waals surface area contributed by atoms with Gasteiger partial charge in [-0.15, -0.1) is 0 Å². The van der Waals surface area contributed by atoms with Gasteiger partial charge in [0.2, 0.25) is 0 Å². The monoisotopic (exact) mass is 678 g/mol. The minimum absolute atomic E-state index is 0.00479. The molecule has 1 fully saturated rings. The number of likely N-dealkylation sites (N-methyl/N-ethyl adjacent to an activating group) is 1. The van der Waals surface area contributed by atoms with Crippen molar-refractivity contribution in [2.45, 2.75) is 35.2 Å². The van der Waals surface area contributed by atoms with E-state index in [2.05, 4.69) is 31.2 Å². The number of aliphatic hydroxyl groups excluding tert-OH is 1. The predicted molar refractivity (Wildman–Crippen MR) is 184 cm³/mol. The first-order chi connectivity index (χ1) is 23.3. The lowest BCUT2D eigenvalue weighted by Gasteiger charge is -2.42. The number of amides is 1. The third kappa shape index (κ3) is 5.73. The fraction of sp³-hybridized carbons (Fsp3) is 0.229. The molecule has 7 rings (SSSR count). The minimum Gasteiger partial charge on any atom is -0.506 e. The summed E-state index contributed by atoms with van der Waals surface area (Å²) in [5.74, 6) is 1.50. The zero-order valence-electron chi connectivity index (χ0n) is 25.9. The zero-order chi connectivity index (χ0) is 33.4. The van der Waals surface area contributed by atoms with E-state index >= 15 is 0 Å². The van der Waals surface area contributed by atoms with Crippen molar-refractivity contribution >= 4 is 52.3 Å². The Hall–Kier alpha value is -5.00. The normalized spacial score (nSPS) is 18.4. The SMILES string of the molecule is CN1C=C(c2ccncc2)C(O)=C(C(=O)Nc2cccc(Sc3cnc(N4CCC5(CC4)Cc4ncccc4[C@H]5N)cn3)c2Cl)C1=C=O. The number of halogens is 1. The third-order valence-corrected chi connectivity index (χ3v) is 10.8. The van der Waals surface area contributed by atoms with Gasteiger partial charge in [-0.2, -0.15) is 0 Å². The Balaban J connectivity index is 1.03. The Morgan fingerprint density at radius 1 is 1.08 bits per heavy atom. The van der Waals surface area contributed by atoms with E-state index in [4.69, 9.17) is 22.3 Å². The number of nitrogens with two attached hydrogens (primary N) is 1. The topological polar surface area (TPSA) is 150 Å². The van der Waals surface area contributed by atoms with Crippen molar-refractivity contribution in [3.05, 3.63) is 119 Å². The van der Waals surface area contributed by atoms with Crippen molar-refractivity contribution in [1.82, 2.24) is 24.8 Å². The molecule has 1 amide bonds. The molecule has 1 aromatic carbocycles. The number of carbonyl (C=O) groups is 1. The van der Waals surface area contributed by atoms with Crippen molar-refractivity contribution in [2.75, 3.05) is 30.4 Å². The average molecular weight is 679 g/mol. The maximum atomic E-state index is 13.5. The zero-order valence-corrected chi connectivity index (χ0v) is 27.5.